The van der Waals surface area contributed by atoms with Crippen molar-refractivity contribution in [2.45, 2.75) is 63.3 Å². The van der Waals surface area contributed by atoms with E-state index in [1.54, 1.807) is 12.1 Å². The molecule has 0 fully saturated rings. The Kier molecular flexibility index (Phi) is 16.4. The first-order chi connectivity index (χ1) is 29.1. The topological polar surface area (TPSA) is 237 Å². The van der Waals surface area contributed by atoms with Gasteiger partial charge in [0, 0.05) is 11.1 Å². The number of esters is 1. The average Bonchev–Trinajstić information content (AvgIpc) is 3.25. The van der Waals surface area contributed by atoms with Gasteiger partial charge in [-0.3, -0.25) is 30.8 Å². The number of rotatable bonds is 22. The van der Waals surface area contributed by atoms with Crippen molar-refractivity contribution in [2.24, 2.45) is 11.5 Å². The van der Waals surface area contributed by atoms with Crippen LogP contribution >= 0.6 is 0 Å². The molecule has 0 saturated heterocycles. The molecule has 0 aromatic heterocycles. The molecule has 0 spiro atoms. The van der Waals surface area contributed by atoms with E-state index in [0.717, 1.165) is 27.1 Å². The third-order valence-electron chi connectivity index (χ3n) is 9.91. The zero-order valence-electron chi connectivity index (χ0n) is 33.7. The van der Waals surface area contributed by atoms with Crippen LogP contribution in [0.25, 0.3) is 32.7 Å². The predicted molar refractivity (Wildman–Crippen MR) is 231 cm³/mol. The van der Waals surface area contributed by atoms with Gasteiger partial charge in [-0.15, -0.1) is 6.58 Å². The number of phenolic OH excluding ortho intramolecular Hbond substituents is 1. The van der Waals surface area contributed by atoms with Gasteiger partial charge in [-0.25, -0.2) is 4.79 Å². The molecule has 3 atom stereocenters. The summed E-state index contributed by atoms with van der Waals surface area (Å²) in [5.41, 5.74) is 17.0. The van der Waals surface area contributed by atoms with Gasteiger partial charge in [0.05, 0.1) is 13.1 Å². The summed E-state index contributed by atoms with van der Waals surface area (Å²) >= 11 is 0. The van der Waals surface area contributed by atoms with Crippen molar-refractivity contribution in [3.8, 4) is 22.6 Å². The van der Waals surface area contributed by atoms with Crippen molar-refractivity contribution in [1.82, 2.24) is 16.0 Å². The maximum Gasteiger partial charge on any atom is 0.338 e. The van der Waals surface area contributed by atoms with Crippen LogP contribution in [-0.4, -0.2) is 72.6 Å². The largest absolute Gasteiger partial charge is 0.507 e. The average molecular weight is 818 g/mol. The van der Waals surface area contributed by atoms with Gasteiger partial charge in [0.1, 0.15) is 36.2 Å². The quantitative estimate of drug-likeness (QED) is 0.0168. The van der Waals surface area contributed by atoms with Gasteiger partial charge in [0.25, 0.3) is 5.91 Å². The summed E-state index contributed by atoms with van der Waals surface area (Å²) in [5.74, 6) is -2.02. The minimum Gasteiger partial charge on any atom is -0.507 e. The summed E-state index contributed by atoms with van der Waals surface area (Å²) in [6, 6.07) is 28.4. The zero-order chi connectivity index (χ0) is 42.9. The number of phenols is 1. The molecule has 60 heavy (non-hydrogen) atoms. The van der Waals surface area contributed by atoms with E-state index >= 15 is 0 Å². The van der Waals surface area contributed by atoms with Crippen LogP contribution in [0, 0.1) is 0 Å². The van der Waals surface area contributed by atoms with E-state index < -0.39 is 48.4 Å². The van der Waals surface area contributed by atoms with Crippen LogP contribution in [-0.2, 0) is 30.5 Å². The normalized spacial score (nSPS) is 12.4. The summed E-state index contributed by atoms with van der Waals surface area (Å²) in [6.07, 6.45) is 3.62. The van der Waals surface area contributed by atoms with Crippen LogP contribution in [0.1, 0.15) is 44.1 Å². The summed E-state index contributed by atoms with van der Waals surface area (Å²) < 4.78 is 11.7. The van der Waals surface area contributed by atoms with Crippen LogP contribution < -0.4 is 42.9 Å². The standard InChI is InChI=1S/C46H53N7O7/c1-2-13-37(45(58)60-28-30-14-4-3-5-15-30)53-44(57)36(21-12-27-50-46(48)49)52-43(56)35(20-10-11-26-47)51-40(55)29-59-39-25-23-32-17-7-9-19-34(32)42(39)41-33-18-8-6-16-31(33)22-24-38(41)54/h2-9,14-19,22-25,35-37,54H,1,10-13,20-21,26-29,47H2,(H,51,55)(H,52,56)(H,53,57)(H4,48,49,50)/p+2/t35-,36-,37+/m1/s1. The number of carbonyl (C=O) groups is 4. The van der Waals surface area contributed by atoms with Gasteiger partial charge in [0.15, 0.2) is 6.61 Å². The molecule has 314 valence electrons. The molecule has 5 aromatic rings. The lowest BCUT2D eigenvalue weighted by molar-refractivity contribution is -0.459. The number of hydrogen-bond donors (Lipinski definition) is 8. The monoisotopic (exact) mass is 817 g/mol. The first-order valence-electron chi connectivity index (χ1n) is 20.1. The molecule has 14 heteroatoms. The predicted octanol–water partition coefficient (Wildman–Crippen LogP) is 2.06. The third kappa shape index (κ3) is 12.3. The number of carbonyl (C=O) groups excluding carboxylic acids is 4. The summed E-state index contributed by atoms with van der Waals surface area (Å²) in [6.45, 7) is 4.22. The number of nitrogens with two attached hydrogens (primary N) is 2. The highest BCUT2D eigenvalue weighted by Gasteiger charge is 2.30. The van der Waals surface area contributed by atoms with Crippen LogP contribution in [0.3, 0.4) is 0 Å². The summed E-state index contributed by atoms with van der Waals surface area (Å²) in [7, 11) is 0. The number of ether oxygens (including phenoxy) is 2. The van der Waals surface area contributed by atoms with Gasteiger partial charge >= 0.3 is 11.9 Å². The minimum absolute atomic E-state index is 0.00684. The van der Waals surface area contributed by atoms with E-state index in [4.69, 9.17) is 20.9 Å². The molecular weight excluding hydrogens is 763 g/mol. The Balaban J connectivity index is 1.33. The number of fused-ring (bicyclic) bond motifs is 2. The Labute approximate surface area is 349 Å². The van der Waals surface area contributed by atoms with E-state index in [-0.39, 0.29) is 37.6 Å². The zero-order valence-corrected chi connectivity index (χ0v) is 33.7. The second-order valence-corrected chi connectivity index (χ2v) is 14.4. The van der Waals surface area contributed by atoms with Crippen LogP contribution in [0.2, 0.25) is 0 Å². The molecule has 0 aliphatic rings. The fourth-order valence-corrected chi connectivity index (χ4v) is 6.89. The van der Waals surface area contributed by atoms with Gasteiger partial charge in [0.2, 0.25) is 11.8 Å². The minimum atomic E-state index is -1.11. The lowest BCUT2D eigenvalue weighted by atomic mass is 9.92. The van der Waals surface area contributed by atoms with Crippen molar-refractivity contribution in [3.63, 3.8) is 0 Å². The smallest absolute Gasteiger partial charge is 0.338 e. The second kappa shape index (κ2) is 22.3. The molecular formula is C46H55N7O7+2. The maximum absolute atomic E-state index is 14.0. The van der Waals surface area contributed by atoms with Crippen LogP contribution in [0.4, 0.5) is 0 Å². The first kappa shape index (κ1) is 44.2. The molecule has 12 N–H and O–H groups in total. The number of amides is 3. The Morgan fingerprint density at radius 1 is 0.733 bits per heavy atom. The Bertz CT molecular complexity index is 2300. The second-order valence-electron chi connectivity index (χ2n) is 14.4. The molecule has 0 heterocycles. The van der Waals surface area contributed by atoms with Crippen molar-refractivity contribution < 1.29 is 44.5 Å². The first-order valence-corrected chi connectivity index (χ1v) is 20.1. The number of nitrogens with one attached hydrogen (secondary N) is 4. The lowest BCUT2D eigenvalue weighted by Crippen LogP contribution is -2.78. The molecule has 0 saturated carbocycles. The van der Waals surface area contributed by atoms with Crippen molar-refractivity contribution in [2.75, 3.05) is 19.7 Å². The number of aromatic hydroxyl groups is 1. The highest BCUT2D eigenvalue weighted by molar-refractivity contribution is 6.09. The van der Waals surface area contributed by atoms with Crippen LogP contribution in [0.15, 0.2) is 116 Å². The Hall–Kier alpha value is -6.93. The van der Waals surface area contributed by atoms with E-state index in [0.29, 0.717) is 49.2 Å². The molecule has 0 aliphatic heterocycles. The van der Waals surface area contributed by atoms with Gasteiger partial charge in [-0.2, -0.15) is 0 Å². The van der Waals surface area contributed by atoms with Gasteiger partial charge in [-0.05, 0) is 77.8 Å². The molecule has 0 bridgehead atoms. The molecule has 14 nitrogen and oxygen atoms in total. The molecule has 5 aromatic carbocycles. The number of unbranched alkanes of at least 4 members (excludes halogenated alkanes) is 1. The van der Waals surface area contributed by atoms with Gasteiger partial charge < -0.3 is 36.3 Å². The van der Waals surface area contributed by atoms with Gasteiger partial charge in [-0.1, -0.05) is 97.1 Å². The van der Waals surface area contributed by atoms with E-state index in [2.05, 4.69) is 33.3 Å². The Morgan fingerprint density at radius 3 is 2.00 bits per heavy atom. The van der Waals surface area contributed by atoms with Crippen molar-refractivity contribution >= 4 is 51.2 Å². The number of hydrogen-bond acceptors (Lipinski definition) is 7. The van der Waals surface area contributed by atoms with Crippen molar-refractivity contribution in [1.29, 1.82) is 0 Å². The fraction of sp³-hybridized carbons (Fsp3) is 0.283. The summed E-state index contributed by atoms with van der Waals surface area (Å²) in [5, 5.41) is 23.0. The molecule has 0 aliphatic carbocycles. The third-order valence-corrected chi connectivity index (χ3v) is 9.91. The highest BCUT2D eigenvalue weighted by Crippen LogP contribution is 2.45. The number of benzene rings is 5. The lowest BCUT2D eigenvalue weighted by Gasteiger charge is -2.25. The molecule has 0 unspecified atom stereocenters. The number of quaternary nitrogens is 1. The van der Waals surface area contributed by atoms with E-state index in [1.165, 1.54) is 6.08 Å². The fourth-order valence-electron chi connectivity index (χ4n) is 6.89. The molecule has 5 rings (SSSR count). The molecule has 0 radical (unpaired) electrons. The molecule has 3 amide bonds. The Morgan fingerprint density at radius 2 is 1.33 bits per heavy atom. The van der Waals surface area contributed by atoms with Crippen molar-refractivity contribution in [3.05, 3.63) is 121 Å². The van der Waals surface area contributed by atoms with Crippen LogP contribution in [0.5, 0.6) is 11.5 Å². The SMILES string of the molecule is C=CC[C@H](NC(=O)[C@@H](CCC[NH+]=C(N)N)NC(=O)[C@@H](CCCC[NH3+])NC(=O)COc1ccc2ccccc2c1-c1c(O)ccc2ccccc12)C(=O)OCc1ccccc1. The van der Waals surface area contributed by atoms with E-state index in [9.17, 15) is 24.3 Å². The maximum atomic E-state index is 14.0. The number of guanidine groups is 1. The summed E-state index contributed by atoms with van der Waals surface area (Å²) in [4.78, 5) is 57.4. The highest BCUT2D eigenvalue weighted by atomic mass is 16.5. The van der Waals surface area contributed by atoms with E-state index in [1.807, 2.05) is 91.0 Å².